The van der Waals surface area contributed by atoms with Gasteiger partial charge >= 0.3 is 0 Å². The lowest BCUT2D eigenvalue weighted by molar-refractivity contribution is 0.223. The molecule has 2 unspecified atom stereocenters. The largest absolute Gasteiger partial charge is 0.484 e. The third-order valence-electron chi connectivity index (χ3n) is 10.1. The van der Waals surface area contributed by atoms with Gasteiger partial charge in [0.25, 0.3) is 0 Å². The van der Waals surface area contributed by atoms with Crippen molar-refractivity contribution in [1.82, 2.24) is 15.0 Å². The number of aromatic nitrogens is 3. The van der Waals surface area contributed by atoms with Crippen LogP contribution in [0.5, 0.6) is 5.75 Å². The van der Waals surface area contributed by atoms with Crippen LogP contribution in [0.2, 0.25) is 0 Å². The zero-order valence-corrected chi connectivity index (χ0v) is 27.6. The van der Waals surface area contributed by atoms with Gasteiger partial charge in [0.05, 0.1) is 0 Å². The van der Waals surface area contributed by atoms with Gasteiger partial charge in [0, 0.05) is 39.3 Å². The first-order chi connectivity index (χ1) is 25.3. The van der Waals surface area contributed by atoms with Gasteiger partial charge in [-0.25, -0.2) is 15.0 Å². The smallest absolute Gasteiger partial charge is 0.164 e. The Morgan fingerprint density at radius 2 is 0.941 bits per heavy atom. The fourth-order valence-electron chi connectivity index (χ4n) is 7.58. The first-order valence-corrected chi connectivity index (χ1v) is 17.3. The molecule has 0 amide bonds. The molecule has 0 radical (unpaired) electrons. The Hall–Kier alpha value is -6.65. The lowest BCUT2D eigenvalue weighted by atomic mass is 9.79. The fraction of sp³-hybridized carbons (Fsp3) is 0.0426. The Kier molecular flexibility index (Phi) is 6.91. The molecule has 0 spiro atoms. The molecule has 2 aliphatic rings. The van der Waals surface area contributed by atoms with E-state index in [0.29, 0.717) is 17.5 Å². The van der Waals surface area contributed by atoms with Crippen LogP contribution in [-0.2, 0) is 0 Å². The van der Waals surface area contributed by atoms with Crippen molar-refractivity contribution in [2.24, 2.45) is 0 Å². The first kappa shape index (κ1) is 29.3. The van der Waals surface area contributed by atoms with Crippen LogP contribution in [0.15, 0.2) is 176 Å². The van der Waals surface area contributed by atoms with Crippen LogP contribution in [0.4, 0.5) is 0 Å². The maximum atomic E-state index is 6.87. The lowest BCUT2D eigenvalue weighted by Crippen LogP contribution is -2.17. The fourth-order valence-corrected chi connectivity index (χ4v) is 7.58. The van der Waals surface area contributed by atoms with Crippen LogP contribution < -0.4 is 4.74 Å². The summed E-state index contributed by atoms with van der Waals surface area (Å²) in [6, 6.07) is 59.2. The summed E-state index contributed by atoms with van der Waals surface area (Å²) in [5.41, 5.74) is 10.9. The van der Waals surface area contributed by atoms with Crippen molar-refractivity contribution in [3.63, 3.8) is 0 Å². The van der Waals surface area contributed by atoms with E-state index in [-0.39, 0.29) is 12.0 Å². The molecule has 7 aromatic carbocycles. The summed E-state index contributed by atoms with van der Waals surface area (Å²) in [5.74, 6) is 2.89. The minimum absolute atomic E-state index is 0.00781. The van der Waals surface area contributed by atoms with Gasteiger partial charge in [-0.15, -0.1) is 0 Å². The molecular weight excluding hydrogens is 623 g/mol. The molecule has 10 rings (SSSR count). The normalized spacial score (nSPS) is 15.7. The quantitative estimate of drug-likeness (QED) is 0.185. The molecule has 0 bridgehead atoms. The van der Waals surface area contributed by atoms with Crippen LogP contribution in [-0.4, -0.2) is 15.0 Å². The Labute approximate surface area is 296 Å². The molecule has 51 heavy (non-hydrogen) atoms. The first-order valence-electron chi connectivity index (χ1n) is 17.3. The van der Waals surface area contributed by atoms with Gasteiger partial charge < -0.3 is 4.74 Å². The Balaban J connectivity index is 1.12. The second kappa shape index (κ2) is 12.0. The molecule has 0 N–H and O–H groups in total. The molecule has 240 valence electrons. The number of hydrogen-bond donors (Lipinski definition) is 0. The molecule has 0 fully saturated rings. The van der Waals surface area contributed by atoms with Crippen molar-refractivity contribution in [3.05, 3.63) is 198 Å². The summed E-state index contributed by atoms with van der Waals surface area (Å²) >= 11 is 0. The molecular formula is C47H31N3O. The summed E-state index contributed by atoms with van der Waals surface area (Å²) in [6.45, 7) is 0. The minimum atomic E-state index is -0.138. The molecule has 8 aromatic rings. The standard InChI is InChI=1S/C47H31N3O/c1-4-13-30(14-5-1)33-23-24-35-28-36(26-25-34(35)27-33)46-48-45(32-17-8-3-9-18-32)49-47(50-46)42-29-41-40-22-12-21-37(31-15-6-2-7-16-31)43(40)51-44(41)39-20-11-10-19-38(39)42/h1-29,41,44H. The van der Waals surface area contributed by atoms with Crippen molar-refractivity contribution in [2.45, 2.75) is 12.0 Å². The van der Waals surface area contributed by atoms with E-state index in [0.717, 1.165) is 50.1 Å². The molecule has 4 nitrogen and oxygen atoms in total. The maximum absolute atomic E-state index is 6.87. The van der Waals surface area contributed by atoms with E-state index in [9.17, 15) is 0 Å². The third kappa shape index (κ3) is 5.12. The highest BCUT2D eigenvalue weighted by Crippen LogP contribution is 2.55. The van der Waals surface area contributed by atoms with E-state index < -0.39 is 0 Å². The van der Waals surface area contributed by atoms with Gasteiger partial charge in [-0.1, -0.05) is 164 Å². The Bertz CT molecular complexity index is 2620. The SMILES string of the molecule is C1=C(c2nc(-c3ccccc3)nc(-c3ccc4cc(-c5ccccc5)ccc4c3)n2)c2ccccc2C2Oc3c(-c4ccccc4)cccc3C12. The maximum Gasteiger partial charge on any atom is 0.164 e. The van der Waals surface area contributed by atoms with Crippen molar-refractivity contribution < 1.29 is 4.74 Å². The van der Waals surface area contributed by atoms with Crippen molar-refractivity contribution in [1.29, 1.82) is 0 Å². The summed E-state index contributed by atoms with van der Waals surface area (Å²) in [7, 11) is 0. The van der Waals surface area contributed by atoms with E-state index >= 15 is 0 Å². The predicted octanol–water partition coefficient (Wildman–Crippen LogP) is 11.4. The number of para-hydroxylation sites is 1. The van der Waals surface area contributed by atoms with E-state index in [2.05, 4.69) is 146 Å². The summed E-state index contributed by atoms with van der Waals surface area (Å²) in [5, 5.41) is 2.30. The number of rotatable bonds is 5. The molecule has 1 aromatic heterocycles. The van der Waals surface area contributed by atoms with Gasteiger partial charge in [-0.05, 0) is 45.2 Å². The Morgan fingerprint density at radius 1 is 0.392 bits per heavy atom. The molecule has 1 aliphatic heterocycles. The van der Waals surface area contributed by atoms with Crippen molar-refractivity contribution in [2.75, 3.05) is 0 Å². The molecule has 0 saturated heterocycles. The van der Waals surface area contributed by atoms with Gasteiger partial charge in [0.2, 0.25) is 0 Å². The molecule has 0 saturated carbocycles. The Morgan fingerprint density at radius 3 is 1.69 bits per heavy atom. The van der Waals surface area contributed by atoms with E-state index in [1.807, 2.05) is 30.3 Å². The summed E-state index contributed by atoms with van der Waals surface area (Å²) in [6.07, 6.45) is 2.17. The van der Waals surface area contributed by atoms with Crippen LogP contribution in [0, 0.1) is 0 Å². The predicted molar refractivity (Wildman–Crippen MR) is 205 cm³/mol. The van der Waals surface area contributed by atoms with Crippen LogP contribution in [0.3, 0.4) is 0 Å². The average molecular weight is 654 g/mol. The third-order valence-corrected chi connectivity index (χ3v) is 10.1. The van der Waals surface area contributed by atoms with Crippen LogP contribution in [0.25, 0.3) is 61.4 Å². The number of benzene rings is 7. The van der Waals surface area contributed by atoms with Crippen LogP contribution >= 0.6 is 0 Å². The highest BCUT2D eigenvalue weighted by molar-refractivity contribution is 5.91. The van der Waals surface area contributed by atoms with E-state index in [1.165, 1.54) is 22.1 Å². The van der Waals surface area contributed by atoms with Gasteiger partial charge in [0.1, 0.15) is 11.9 Å². The topological polar surface area (TPSA) is 47.9 Å². The van der Waals surface area contributed by atoms with Gasteiger partial charge in [-0.3, -0.25) is 0 Å². The van der Waals surface area contributed by atoms with E-state index in [1.54, 1.807) is 0 Å². The van der Waals surface area contributed by atoms with Gasteiger partial charge in [0.15, 0.2) is 17.5 Å². The number of hydrogen-bond acceptors (Lipinski definition) is 4. The zero-order valence-electron chi connectivity index (χ0n) is 27.6. The second-order valence-electron chi connectivity index (χ2n) is 13.1. The molecule has 1 aliphatic carbocycles. The number of fused-ring (bicyclic) bond motifs is 6. The number of ether oxygens (including phenoxy) is 1. The molecule has 4 heteroatoms. The molecule has 2 atom stereocenters. The lowest BCUT2D eigenvalue weighted by Gasteiger charge is -2.26. The van der Waals surface area contributed by atoms with Crippen molar-refractivity contribution in [3.8, 4) is 50.8 Å². The zero-order chi connectivity index (χ0) is 33.7. The van der Waals surface area contributed by atoms with Crippen LogP contribution in [0.1, 0.15) is 34.5 Å². The summed E-state index contributed by atoms with van der Waals surface area (Å²) < 4.78 is 6.87. The summed E-state index contributed by atoms with van der Waals surface area (Å²) in [4.78, 5) is 15.5. The minimum Gasteiger partial charge on any atom is -0.484 e. The van der Waals surface area contributed by atoms with E-state index in [4.69, 9.17) is 19.7 Å². The monoisotopic (exact) mass is 653 g/mol. The number of nitrogens with zero attached hydrogens (tertiary/aromatic N) is 3. The highest BCUT2D eigenvalue weighted by atomic mass is 16.5. The second-order valence-corrected chi connectivity index (χ2v) is 13.1. The van der Waals surface area contributed by atoms with Crippen molar-refractivity contribution >= 4 is 16.3 Å². The average Bonchev–Trinajstić information content (AvgIpc) is 3.60. The molecule has 2 heterocycles. The van der Waals surface area contributed by atoms with Gasteiger partial charge in [-0.2, -0.15) is 0 Å². The highest BCUT2D eigenvalue weighted by Gasteiger charge is 2.41.